The minimum absolute atomic E-state index is 0.0435. The molecule has 158 valence electrons. The number of ether oxygens (including phenoxy) is 2. The Labute approximate surface area is 175 Å². The summed E-state index contributed by atoms with van der Waals surface area (Å²) in [6.07, 6.45) is 0.0435. The molecule has 2 aromatic carbocycles. The molecule has 8 nitrogen and oxygen atoms in total. The lowest BCUT2D eigenvalue weighted by molar-refractivity contribution is -0.146. The van der Waals surface area contributed by atoms with E-state index >= 15 is 0 Å². The SMILES string of the molecule is CC(=O)Nc1ccc(CC(=O)OCC(=O)Nc2ccc(N3CCOCC3)cc2)cc1. The minimum atomic E-state index is -0.500. The average molecular weight is 411 g/mol. The molecule has 0 bridgehead atoms. The average Bonchev–Trinajstić information content (AvgIpc) is 2.74. The number of hydrogen-bond acceptors (Lipinski definition) is 6. The van der Waals surface area contributed by atoms with Crippen LogP contribution in [-0.4, -0.2) is 50.7 Å². The highest BCUT2D eigenvalue weighted by Crippen LogP contribution is 2.19. The van der Waals surface area contributed by atoms with Gasteiger partial charge < -0.3 is 25.0 Å². The largest absolute Gasteiger partial charge is 0.455 e. The van der Waals surface area contributed by atoms with Crippen molar-refractivity contribution in [1.82, 2.24) is 0 Å². The van der Waals surface area contributed by atoms with E-state index < -0.39 is 11.9 Å². The van der Waals surface area contributed by atoms with E-state index in [4.69, 9.17) is 9.47 Å². The van der Waals surface area contributed by atoms with Crippen LogP contribution in [0.2, 0.25) is 0 Å². The zero-order valence-corrected chi connectivity index (χ0v) is 16.8. The van der Waals surface area contributed by atoms with E-state index in [0.29, 0.717) is 24.6 Å². The highest BCUT2D eigenvalue weighted by Gasteiger charge is 2.12. The van der Waals surface area contributed by atoms with Gasteiger partial charge in [0.2, 0.25) is 5.91 Å². The second-order valence-electron chi connectivity index (χ2n) is 6.91. The molecule has 0 radical (unpaired) electrons. The number of anilines is 3. The van der Waals surface area contributed by atoms with Crippen molar-refractivity contribution >= 4 is 34.8 Å². The molecule has 1 aliphatic rings. The fourth-order valence-corrected chi connectivity index (χ4v) is 3.05. The molecular weight excluding hydrogens is 386 g/mol. The number of benzene rings is 2. The summed E-state index contributed by atoms with van der Waals surface area (Å²) in [6, 6.07) is 14.4. The third-order valence-electron chi connectivity index (χ3n) is 4.51. The molecule has 0 atom stereocenters. The summed E-state index contributed by atoms with van der Waals surface area (Å²) in [5.74, 6) is -1.06. The molecule has 0 spiro atoms. The Morgan fingerprint density at radius 3 is 2.17 bits per heavy atom. The Balaban J connectivity index is 1.41. The number of morpholine rings is 1. The Bertz CT molecular complexity index is 875. The molecule has 2 N–H and O–H groups in total. The van der Waals surface area contributed by atoms with Gasteiger partial charge in [-0.25, -0.2) is 0 Å². The summed E-state index contributed by atoms with van der Waals surface area (Å²) >= 11 is 0. The van der Waals surface area contributed by atoms with E-state index in [1.54, 1.807) is 24.3 Å². The molecule has 0 aliphatic carbocycles. The van der Waals surface area contributed by atoms with Crippen molar-refractivity contribution < 1.29 is 23.9 Å². The van der Waals surface area contributed by atoms with Crippen molar-refractivity contribution in [2.24, 2.45) is 0 Å². The Hall–Kier alpha value is -3.39. The monoisotopic (exact) mass is 411 g/mol. The maximum absolute atomic E-state index is 12.0. The van der Waals surface area contributed by atoms with Crippen molar-refractivity contribution in [1.29, 1.82) is 0 Å². The number of rotatable bonds is 7. The van der Waals surface area contributed by atoms with E-state index in [1.807, 2.05) is 24.3 Å². The Morgan fingerprint density at radius 2 is 1.53 bits per heavy atom. The summed E-state index contributed by atoms with van der Waals surface area (Å²) in [6.45, 7) is 4.19. The van der Waals surface area contributed by atoms with Crippen molar-refractivity contribution in [3.05, 3.63) is 54.1 Å². The minimum Gasteiger partial charge on any atom is -0.455 e. The first kappa shape index (κ1) is 21.3. The van der Waals surface area contributed by atoms with Crippen LogP contribution in [0.5, 0.6) is 0 Å². The van der Waals surface area contributed by atoms with E-state index in [-0.39, 0.29) is 18.9 Å². The van der Waals surface area contributed by atoms with Crippen molar-refractivity contribution in [2.75, 3.05) is 48.4 Å². The molecule has 1 fully saturated rings. The van der Waals surface area contributed by atoms with Crippen molar-refractivity contribution in [3.63, 3.8) is 0 Å². The molecule has 3 rings (SSSR count). The zero-order valence-electron chi connectivity index (χ0n) is 16.8. The van der Waals surface area contributed by atoms with Gasteiger partial charge in [-0.05, 0) is 42.0 Å². The Morgan fingerprint density at radius 1 is 0.933 bits per heavy atom. The van der Waals surface area contributed by atoms with Gasteiger partial charge in [0.1, 0.15) is 0 Å². The third-order valence-corrected chi connectivity index (χ3v) is 4.51. The molecule has 1 saturated heterocycles. The van der Waals surface area contributed by atoms with Crippen LogP contribution in [0, 0.1) is 0 Å². The number of hydrogen-bond donors (Lipinski definition) is 2. The van der Waals surface area contributed by atoms with Crippen LogP contribution >= 0.6 is 0 Å². The van der Waals surface area contributed by atoms with E-state index in [0.717, 1.165) is 24.3 Å². The molecule has 2 amide bonds. The maximum atomic E-state index is 12.0. The highest BCUT2D eigenvalue weighted by atomic mass is 16.5. The molecule has 0 aromatic heterocycles. The summed E-state index contributed by atoms with van der Waals surface area (Å²) < 4.78 is 10.4. The topological polar surface area (TPSA) is 97.0 Å². The molecule has 1 heterocycles. The molecule has 0 unspecified atom stereocenters. The number of nitrogens with one attached hydrogen (secondary N) is 2. The van der Waals surface area contributed by atoms with Gasteiger partial charge >= 0.3 is 5.97 Å². The van der Waals surface area contributed by atoms with Crippen LogP contribution in [0.3, 0.4) is 0 Å². The zero-order chi connectivity index (χ0) is 21.3. The van der Waals surface area contributed by atoms with Gasteiger partial charge in [-0.1, -0.05) is 12.1 Å². The van der Waals surface area contributed by atoms with Gasteiger partial charge in [0.05, 0.1) is 19.6 Å². The molecule has 30 heavy (non-hydrogen) atoms. The van der Waals surface area contributed by atoms with Gasteiger partial charge in [-0.2, -0.15) is 0 Å². The predicted octanol–water partition coefficient (Wildman–Crippen LogP) is 2.21. The third kappa shape index (κ3) is 6.59. The van der Waals surface area contributed by atoms with Crippen LogP contribution in [0.1, 0.15) is 12.5 Å². The second-order valence-corrected chi connectivity index (χ2v) is 6.91. The van der Waals surface area contributed by atoms with Crippen LogP contribution < -0.4 is 15.5 Å². The van der Waals surface area contributed by atoms with Crippen molar-refractivity contribution in [2.45, 2.75) is 13.3 Å². The van der Waals surface area contributed by atoms with Crippen LogP contribution in [0.4, 0.5) is 17.1 Å². The second kappa shape index (κ2) is 10.4. The van der Waals surface area contributed by atoms with E-state index in [9.17, 15) is 14.4 Å². The number of carbonyl (C=O) groups is 3. The molecular formula is C22H25N3O5. The first-order chi connectivity index (χ1) is 14.5. The number of carbonyl (C=O) groups excluding carboxylic acids is 3. The quantitative estimate of drug-likeness (QED) is 0.678. The fraction of sp³-hybridized carbons (Fsp3) is 0.318. The Kier molecular flexibility index (Phi) is 7.40. The smallest absolute Gasteiger partial charge is 0.310 e. The molecule has 8 heteroatoms. The lowest BCUT2D eigenvalue weighted by atomic mass is 10.1. The van der Waals surface area contributed by atoms with Gasteiger partial charge in [0.15, 0.2) is 6.61 Å². The maximum Gasteiger partial charge on any atom is 0.310 e. The van der Waals surface area contributed by atoms with Crippen LogP contribution in [0.15, 0.2) is 48.5 Å². The first-order valence-corrected chi connectivity index (χ1v) is 9.74. The highest BCUT2D eigenvalue weighted by molar-refractivity contribution is 5.93. The molecule has 1 aliphatic heterocycles. The first-order valence-electron chi connectivity index (χ1n) is 9.74. The van der Waals surface area contributed by atoms with Gasteiger partial charge in [-0.15, -0.1) is 0 Å². The normalized spacial score (nSPS) is 13.4. The molecule has 2 aromatic rings. The summed E-state index contributed by atoms with van der Waals surface area (Å²) in [5, 5.41) is 5.37. The van der Waals surface area contributed by atoms with Crippen molar-refractivity contribution in [3.8, 4) is 0 Å². The summed E-state index contributed by atoms with van der Waals surface area (Å²) in [5.41, 5.74) is 3.10. The predicted molar refractivity (Wildman–Crippen MR) is 114 cm³/mol. The van der Waals surface area contributed by atoms with Crippen LogP contribution in [-0.2, 0) is 30.3 Å². The number of esters is 1. The van der Waals surface area contributed by atoms with E-state index in [2.05, 4.69) is 15.5 Å². The van der Waals surface area contributed by atoms with E-state index in [1.165, 1.54) is 6.92 Å². The summed E-state index contributed by atoms with van der Waals surface area (Å²) in [7, 11) is 0. The van der Waals surface area contributed by atoms with Crippen LogP contribution in [0.25, 0.3) is 0 Å². The van der Waals surface area contributed by atoms with Gasteiger partial charge in [0, 0.05) is 37.1 Å². The van der Waals surface area contributed by atoms with Gasteiger partial charge in [-0.3, -0.25) is 14.4 Å². The summed E-state index contributed by atoms with van der Waals surface area (Å²) in [4.78, 5) is 37.2. The number of nitrogens with zero attached hydrogens (tertiary/aromatic N) is 1. The molecule has 0 saturated carbocycles. The van der Waals surface area contributed by atoms with Gasteiger partial charge in [0.25, 0.3) is 5.91 Å². The lowest BCUT2D eigenvalue weighted by Crippen LogP contribution is -2.36. The lowest BCUT2D eigenvalue weighted by Gasteiger charge is -2.28. The number of amides is 2. The standard InChI is InChI=1S/C22H25N3O5/c1-16(26)23-18-4-2-17(3-5-18)14-22(28)30-15-21(27)24-19-6-8-20(9-7-19)25-10-12-29-13-11-25/h2-9H,10-15H2,1H3,(H,23,26)(H,24,27). The fourth-order valence-electron chi connectivity index (χ4n) is 3.05.